The van der Waals surface area contributed by atoms with Crippen molar-refractivity contribution in [3.8, 4) is 17.2 Å². The van der Waals surface area contributed by atoms with E-state index in [1.54, 1.807) is 24.3 Å². The van der Waals surface area contributed by atoms with Gasteiger partial charge in [0.1, 0.15) is 5.84 Å². The molecule has 43 heavy (non-hydrogen) atoms. The molecule has 0 spiro atoms. The summed E-state index contributed by atoms with van der Waals surface area (Å²) in [4.78, 5) is 29.9. The normalized spacial score (nSPS) is 11.3. The van der Waals surface area contributed by atoms with Gasteiger partial charge < -0.3 is 31.0 Å². The van der Waals surface area contributed by atoms with Gasteiger partial charge in [0, 0.05) is 11.3 Å². The number of carbonyl (C=O) groups excluding carboxylic acids is 2. The third-order valence-electron chi connectivity index (χ3n) is 6.75. The number of hydrogen-bond acceptors (Lipinski definition) is 6. The first-order valence-corrected chi connectivity index (χ1v) is 13.5. The predicted molar refractivity (Wildman–Crippen MR) is 170 cm³/mol. The highest BCUT2D eigenvalue weighted by molar-refractivity contribution is 6.12. The molecule has 0 bridgehead atoms. The minimum atomic E-state index is -0.748. The van der Waals surface area contributed by atoms with Gasteiger partial charge in [0.25, 0.3) is 5.91 Å². The molecule has 0 radical (unpaired) electrons. The summed E-state index contributed by atoms with van der Waals surface area (Å²) in [6.45, 7) is 1.87. The molecule has 220 valence electrons. The molecule has 5 N–H and O–H groups in total. The van der Waals surface area contributed by atoms with E-state index in [0.29, 0.717) is 16.9 Å². The van der Waals surface area contributed by atoms with Gasteiger partial charge in [-0.3, -0.25) is 9.59 Å². The third kappa shape index (κ3) is 7.20. The van der Waals surface area contributed by atoms with E-state index in [1.807, 2.05) is 55.5 Å². The molecule has 0 aliphatic carbocycles. The molecule has 0 saturated heterocycles. The van der Waals surface area contributed by atoms with Gasteiger partial charge >= 0.3 is 0 Å². The SMILES string of the molecule is COc1cc(C(N)=O)c(C(N)=Nc2ccc(C)c(NC(=O)c3ccc(CC=Cc4ccccc4)cc3)c2)c(OC)c1OC. The number of hydrogen-bond donors (Lipinski definition) is 3. The lowest BCUT2D eigenvalue weighted by molar-refractivity contribution is 0.0996. The van der Waals surface area contributed by atoms with Crippen LogP contribution in [-0.4, -0.2) is 39.0 Å². The molecule has 0 aliphatic heterocycles. The van der Waals surface area contributed by atoms with Crippen LogP contribution < -0.4 is 31.0 Å². The second-order valence-corrected chi connectivity index (χ2v) is 9.60. The second kappa shape index (κ2) is 13.9. The van der Waals surface area contributed by atoms with Crippen molar-refractivity contribution in [2.24, 2.45) is 16.5 Å². The van der Waals surface area contributed by atoms with E-state index in [0.717, 1.165) is 23.1 Å². The van der Waals surface area contributed by atoms with Crippen molar-refractivity contribution in [2.45, 2.75) is 13.3 Å². The van der Waals surface area contributed by atoms with Crippen LogP contribution in [0.1, 0.15) is 43.0 Å². The maximum atomic E-state index is 13.1. The van der Waals surface area contributed by atoms with Gasteiger partial charge in [0.15, 0.2) is 11.5 Å². The van der Waals surface area contributed by atoms with Gasteiger partial charge in [-0.15, -0.1) is 0 Å². The molecule has 0 saturated carbocycles. The Labute approximate surface area is 250 Å². The smallest absolute Gasteiger partial charge is 0.255 e. The molecule has 0 atom stereocenters. The number of amidine groups is 1. The van der Waals surface area contributed by atoms with Crippen molar-refractivity contribution in [1.82, 2.24) is 0 Å². The zero-order valence-corrected chi connectivity index (χ0v) is 24.5. The summed E-state index contributed by atoms with van der Waals surface area (Å²) in [5, 5.41) is 2.95. The monoisotopic (exact) mass is 578 g/mol. The van der Waals surface area contributed by atoms with Crippen LogP contribution >= 0.6 is 0 Å². The van der Waals surface area contributed by atoms with Crippen molar-refractivity contribution in [3.63, 3.8) is 0 Å². The van der Waals surface area contributed by atoms with Gasteiger partial charge in [0.2, 0.25) is 11.7 Å². The zero-order chi connectivity index (χ0) is 30.9. The van der Waals surface area contributed by atoms with Gasteiger partial charge in [-0.2, -0.15) is 0 Å². The molecule has 0 fully saturated rings. The Bertz CT molecular complexity index is 1680. The van der Waals surface area contributed by atoms with Crippen molar-refractivity contribution < 1.29 is 23.8 Å². The van der Waals surface area contributed by atoms with E-state index >= 15 is 0 Å². The molecule has 0 unspecified atom stereocenters. The number of nitrogens with zero attached hydrogens (tertiary/aromatic N) is 1. The number of aryl methyl sites for hydroxylation is 1. The van der Waals surface area contributed by atoms with Crippen LogP contribution in [0.15, 0.2) is 89.9 Å². The Hall–Kier alpha value is -5.57. The number of anilines is 1. The zero-order valence-electron chi connectivity index (χ0n) is 24.5. The highest BCUT2D eigenvalue weighted by Crippen LogP contribution is 2.42. The highest BCUT2D eigenvalue weighted by Gasteiger charge is 2.25. The largest absolute Gasteiger partial charge is 0.493 e. The Morgan fingerprint density at radius 3 is 2.19 bits per heavy atom. The maximum Gasteiger partial charge on any atom is 0.255 e. The predicted octanol–water partition coefficient (Wildman–Crippen LogP) is 5.66. The summed E-state index contributed by atoms with van der Waals surface area (Å²) in [6, 6.07) is 24.2. The van der Waals surface area contributed by atoms with Crippen LogP contribution in [0.5, 0.6) is 17.2 Å². The maximum absolute atomic E-state index is 13.1. The summed E-state index contributed by atoms with van der Waals surface area (Å²) in [5.74, 6) is -0.412. The van der Waals surface area contributed by atoms with E-state index in [1.165, 1.54) is 27.4 Å². The second-order valence-electron chi connectivity index (χ2n) is 9.60. The molecule has 0 aromatic heterocycles. The summed E-state index contributed by atoms with van der Waals surface area (Å²) in [6.07, 6.45) is 4.91. The molecule has 4 aromatic carbocycles. The first-order chi connectivity index (χ1) is 20.7. The number of nitrogens with one attached hydrogen (secondary N) is 1. The Kier molecular flexibility index (Phi) is 9.80. The topological polar surface area (TPSA) is 138 Å². The van der Waals surface area contributed by atoms with E-state index < -0.39 is 5.91 Å². The van der Waals surface area contributed by atoms with Crippen LogP contribution in [-0.2, 0) is 6.42 Å². The number of allylic oxidation sites excluding steroid dienone is 1. The lowest BCUT2D eigenvalue weighted by Gasteiger charge is -2.18. The molecule has 9 heteroatoms. The molecule has 0 heterocycles. The van der Waals surface area contributed by atoms with E-state index in [9.17, 15) is 9.59 Å². The summed E-state index contributed by atoms with van der Waals surface area (Å²) in [5.41, 5.74) is 16.8. The van der Waals surface area contributed by atoms with Crippen LogP contribution in [0, 0.1) is 6.92 Å². The average molecular weight is 579 g/mol. The molecule has 4 aromatic rings. The fourth-order valence-corrected chi connectivity index (χ4v) is 4.50. The molecular weight excluding hydrogens is 544 g/mol. The number of primary amides is 1. The number of ether oxygens (including phenoxy) is 3. The van der Waals surface area contributed by atoms with Crippen molar-refractivity contribution in [1.29, 1.82) is 0 Å². The summed E-state index contributed by atoms with van der Waals surface area (Å²) in [7, 11) is 4.28. The van der Waals surface area contributed by atoms with E-state index in [2.05, 4.69) is 22.5 Å². The fraction of sp³-hybridized carbons (Fsp3) is 0.147. The number of methoxy groups -OCH3 is 3. The van der Waals surface area contributed by atoms with Crippen LogP contribution in [0.3, 0.4) is 0 Å². The fourth-order valence-electron chi connectivity index (χ4n) is 4.50. The van der Waals surface area contributed by atoms with Crippen molar-refractivity contribution in [2.75, 3.05) is 26.6 Å². The summed E-state index contributed by atoms with van der Waals surface area (Å²) < 4.78 is 16.3. The first kappa shape index (κ1) is 30.4. The van der Waals surface area contributed by atoms with Gasteiger partial charge in [-0.25, -0.2) is 4.99 Å². The minimum absolute atomic E-state index is 0.0374. The summed E-state index contributed by atoms with van der Waals surface area (Å²) >= 11 is 0. The Balaban J connectivity index is 1.55. The number of rotatable bonds is 11. The number of benzene rings is 4. The van der Waals surface area contributed by atoms with Gasteiger partial charge in [0.05, 0.1) is 38.1 Å². The Morgan fingerprint density at radius 2 is 1.56 bits per heavy atom. The molecule has 0 aliphatic rings. The first-order valence-electron chi connectivity index (χ1n) is 13.5. The molecule has 9 nitrogen and oxygen atoms in total. The lowest BCUT2D eigenvalue weighted by atomic mass is 10.0. The van der Waals surface area contributed by atoms with E-state index in [4.69, 9.17) is 25.7 Å². The number of amides is 2. The lowest BCUT2D eigenvalue weighted by Crippen LogP contribution is -2.23. The van der Waals surface area contributed by atoms with Gasteiger partial charge in [-0.05, 0) is 60.4 Å². The van der Waals surface area contributed by atoms with Gasteiger partial charge in [-0.1, -0.05) is 60.7 Å². The van der Waals surface area contributed by atoms with Crippen molar-refractivity contribution in [3.05, 3.63) is 118 Å². The number of nitrogens with two attached hydrogens (primary N) is 2. The standard InChI is InChI=1S/C34H34N4O5/c1-21-13-18-25(37-32(35)29-26(33(36)39)20-28(41-2)30(42-3)31(29)43-4)19-27(21)38-34(40)24-16-14-23(15-17-24)12-8-11-22-9-6-5-7-10-22/h5-11,13-20H,12H2,1-4H3,(H2,35,37)(H2,36,39)(H,38,40). The highest BCUT2D eigenvalue weighted by atomic mass is 16.5. The molecular formula is C34H34N4O5. The quantitative estimate of drug-likeness (QED) is 0.155. The van der Waals surface area contributed by atoms with Crippen LogP contribution in [0.2, 0.25) is 0 Å². The minimum Gasteiger partial charge on any atom is -0.493 e. The van der Waals surface area contributed by atoms with E-state index in [-0.39, 0.29) is 40.1 Å². The Morgan fingerprint density at radius 1 is 0.860 bits per heavy atom. The number of carbonyl (C=O) groups is 2. The van der Waals surface area contributed by atoms with Crippen LogP contribution in [0.25, 0.3) is 6.08 Å². The van der Waals surface area contributed by atoms with Crippen molar-refractivity contribution >= 4 is 35.1 Å². The number of aliphatic imine (C=N–C) groups is 1. The van der Waals surface area contributed by atoms with Crippen LogP contribution in [0.4, 0.5) is 11.4 Å². The third-order valence-corrected chi connectivity index (χ3v) is 6.75. The average Bonchev–Trinajstić information content (AvgIpc) is 3.02. The molecule has 2 amide bonds. The molecule has 4 rings (SSSR count).